The van der Waals surface area contributed by atoms with E-state index in [0.717, 1.165) is 28.6 Å². The standard InChI is InChI=1S/C21H26N4O3S/c1-3-24(14-17-10-7-13-29-17)15-18(26)23-25-19(27)21(2,22-20(25)28)12-11-16-8-5-4-6-9-16/h4-10,13H,3,11-12,14-15H2,1-2H3,(H,22,28)(H,23,26)/p+1/t21-/m1/s1. The molecule has 8 heteroatoms. The third-order valence-corrected chi connectivity index (χ3v) is 6.05. The largest absolute Gasteiger partial charge is 0.344 e. The van der Waals surface area contributed by atoms with Crippen LogP contribution in [-0.2, 0) is 22.6 Å². The molecule has 7 nitrogen and oxygen atoms in total. The molecule has 0 saturated carbocycles. The molecule has 154 valence electrons. The Bertz CT molecular complexity index is 856. The Morgan fingerprint density at radius 2 is 1.97 bits per heavy atom. The van der Waals surface area contributed by atoms with Crippen LogP contribution in [0, 0.1) is 0 Å². The molecule has 1 aliphatic heterocycles. The molecule has 3 N–H and O–H groups in total. The van der Waals surface area contributed by atoms with Gasteiger partial charge in [-0.2, -0.15) is 5.01 Å². The summed E-state index contributed by atoms with van der Waals surface area (Å²) in [6.07, 6.45) is 1.11. The predicted molar refractivity (Wildman–Crippen MR) is 111 cm³/mol. The van der Waals surface area contributed by atoms with E-state index in [-0.39, 0.29) is 12.5 Å². The summed E-state index contributed by atoms with van der Waals surface area (Å²) in [6, 6.07) is 13.2. The van der Waals surface area contributed by atoms with Crippen molar-refractivity contribution in [1.82, 2.24) is 15.8 Å². The number of quaternary nitrogens is 1. The molecule has 29 heavy (non-hydrogen) atoms. The summed E-state index contributed by atoms with van der Waals surface area (Å²) in [7, 11) is 0. The van der Waals surface area contributed by atoms with Crippen LogP contribution in [0.5, 0.6) is 0 Å². The summed E-state index contributed by atoms with van der Waals surface area (Å²) < 4.78 is 0. The molecule has 0 bridgehead atoms. The van der Waals surface area contributed by atoms with E-state index in [0.29, 0.717) is 12.8 Å². The lowest BCUT2D eigenvalue weighted by atomic mass is 9.93. The molecule has 2 heterocycles. The molecular weight excluding hydrogens is 388 g/mol. The first kappa shape index (κ1) is 21.0. The summed E-state index contributed by atoms with van der Waals surface area (Å²) in [5.41, 5.74) is 2.55. The van der Waals surface area contributed by atoms with Gasteiger partial charge in [0.05, 0.1) is 11.4 Å². The van der Waals surface area contributed by atoms with Crippen molar-refractivity contribution in [1.29, 1.82) is 0 Å². The number of hydrazine groups is 1. The number of aryl methyl sites for hydroxylation is 1. The van der Waals surface area contributed by atoms with E-state index in [9.17, 15) is 14.4 Å². The minimum atomic E-state index is -1.03. The second-order valence-electron chi connectivity index (χ2n) is 7.46. The molecule has 1 fully saturated rings. The SMILES string of the molecule is CC[NH+](CC(=O)NN1C(=O)N[C@](C)(CCc2ccccc2)C1=O)Cc1cccs1. The van der Waals surface area contributed by atoms with Crippen molar-refractivity contribution >= 4 is 29.2 Å². The minimum Gasteiger partial charge on any atom is -0.323 e. The fourth-order valence-electron chi connectivity index (χ4n) is 3.36. The van der Waals surface area contributed by atoms with Crippen LogP contribution in [0.4, 0.5) is 4.79 Å². The highest BCUT2D eigenvalue weighted by molar-refractivity contribution is 7.09. The van der Waals surface area contributed by atoms with Crippen LogP contribution >= 0.6 is 11.3 Å². The topological polar surface area (TPSA) is 82.9 Å². The number of rotatable bonds is 9. The number of carbonyl (C=O) groups excluding carboxylic acids is 3. The van der Waals surface area contributed by atoms with E-state index in [2.05, 4.69) is 10.7 Å². The number of likely N-dealkylation sites (N-methyl/N-ethyl adjacent to an activating group) is 1. The van der Waals surface area contributed by atoms with Crippen LogP contribution in [0.15, 0.2) is 47.8 Å². The summed E-state index contributed by atoms with van der Waals surface area (Å²) in [5, 5.41) is 5.56. The predicted octanol–water partition coefficient (Wildman–Crippen LogP) is 1.13. The van der Waals surface area contributed by atoms with Crippen molar-refractivity contribution < 1.29 is 19.3 Å². The Kier molecular flexibility index (Phi) is 6.66. The third-order valence-electron chi connectivity index (χ3n) is 5.17. The summed E-state index contributed by atoms with van der Waals surface area (Å²) in [6.45, 7) is 5.39. The molecule has 1 saturated heterocycles. The normalized spacial score (nSPS) is 19.9. The van der Waals surface area contributed by atoms with Crippen molar-refractivity contribution in [2.75, 3.05) is 13.1 Å². The van der Waals surface area contributed by atoms with E-state index >= 15 is 0 Å². The number of carbonyl (C=O) groups is 3. The van der Waals surface area contributed by atoms with Crippen molar-refractivity contribution in [2.45, 2.75) is 38.8 Å². The third kappa shape index (κ3) is 5.21. The lowest BCUT2D eigenvalue weighted by molar-refractivity contribution is -0.903. The van der Waals surface area contributed by atoms with Crippen molar-refractivity contribution in [3.8, 4) is 0 Å². The van der Waals surface area contributed by atoms with E-state index in [1.807, 2.05) is 54.8 Å². The van der Waals surface area contributed by atoms with Crippen molar-refractivity contribution in [3.05, 3.63) is 58.3 Å². The fraction of sp³-hybridized carbons (Fsp3) is 0.381. The maximum atomic E-state index is 12.8. The summed E-state index contributed by atoms with van der Waals surface area (Å²) in [5.74, 6) is -0.780. The number of thiophene rings is 1. The van der Waals surface area contributed by atoms with Gasteiger partial charge in [0.25, 0.3) is 11.8 Å². The van der Waals surface area contributed by atoms with Gasteiger partial charge in [-0.1, -0.05) is 36.4 Å². The van der Waals surface area contributed by atoms with Gasteiger partial charge in [-0.25, -0.2) is 4.79 Å². The second-order valence-corrected chi connectivity index (χ2v) is 8.49. The number of nitrogens with zero attached hydrogens (tertiary/aromatic N) is 1. The first-order valence-corrected chi connectivity index (χ1v) is 10.7. The highest BCUT2D eigenvalue weighted by Crippen LogP contribution is 2.22. The summed E-state index contributed by atoms with van der Waals surface area (Å²) >= 11 is 1.65. The maximum Gasteiger partial charge on any atom is 0.344 e. The van der Waals surface area contributed by atoms with Crippen LogP contribution < -0.4 is 15.6 Å². The van der Waals surface area contributed by atoms with Crippen LogP contribution in [0.1, 0.15) is 30.7 Å². The monoisotopic (exact) mass is 415 g/mol. The molecule has 1 unspecified atom stereocenters. The van der Waals surface area contributed by atoms with Gasteiger partial charge in [-0.3, -0.25) is 15.0 Å². The number of hydrogen-bond acceptors (Lipinski definition) is 4. The van der Waals surface area contributed by atoms with Gasteiger partial charge in [0.1, 0.15) is 12.1 Å². The smallest absolute Gasteiger partial charge is 0.323 e. The van der Waals surface area contributed by atoms with Gasteiger partial charge >= 0.3 is 6.03 Å². The Morgan fingerprint density at radius 1 is 1.21 bits per heavy atom. The maximum absolute atomic E-state index is 12.8. The molecule has 0 spiro atoms. The zero-order valence-electron chi connectivity index (χ0n) is 16.7. The lowest BCUT2D eigenvalue weighted by Crippen LogP contribution is -3.11. The first-order valence-electron chi connectivity index (χ1n) is 9.77. The van der Waals surface area contributed by atoms with Gasteiger partial charge in [0.15, 0.2) is 6.54 Å². The molecule has 2 aromatic rings. The Balaban J connectivity index is 1.56. The average molecular weight is 416 g/mol. The minimum absolute atomic E-state index is 0.187. The van der Waals surface area contributed by atoms with E-state index < -0.39 is 17.5 Å². The number of hydrogen-bond donors (Lipinski definition) is 3. The fourth-order valence-corrected chi connectivity index (χ4v) is 4.13. The molecule has 2 atom stereocenters. The number of urea groups is 1. The molecule has 4 amide bonds. The van der Waals surface area contributed by atoms with Crippen molar-refractivity contribution in [2.24, 2.45) is 0 Å². The number of imide groups is 1. The van der Waals surface area contributed by atoms with Crippen molar-refractivity contribution in [3.63, 3.8) is 0 Å². The van der Waals surface area contributed by atoms with Gasteiger partial charge in [-0.15, -0.1) is 11.3 Å². The van der Waals surface area contributed by atoms with Crippen LogP contribution in [0.2, 0.25) is 0 Å². The Morgan fingerprint density at radius 3 is 2.62 bits per heavy atom. The second kappa shape index (κ2) is 9.19. The van der Waals surface area contributed by atoms with Crippen LogP contribution in [-0.4, -0.2) is 41.5 Å². The van der Waals surface area contributed by atoms with Gasteiger partial charge in [0.2, 0.25) is 0 Å². The van der Waals surface area contributed by atoms with Gasteiger partial charge in [-0.05, 0) is 43.7 Å². The molecule has 0 radical (unpaired) electrons. The zero-order valence-corrected chi connectivity index (χ0v) is 17.6. The molecule has 0 aliphatic carbocycles. The van der Waals surface area contributed by atoms with E-state index in [4.69, 9.17) is 0 Å². The zero-order chi connectivity index (χ0) is 20.9. The number of amides is 4. The van der Waals surface area contributed by atoms with Crippen LogP contribution in [0.3, 0.4) is 0 Å². The average Bonchev–Trinajstić information content (AvgIpc) is 3.29. The molecule has 1 aliphatic rings. The number of nitrogens with one attached hydrogen (secondary N) is 3. The van der Waals surface area contributed by atoms with E-state index in [1.165, 1.54) is 4.88 Å². The Hall–Kier alpha value is -2.71. The van der Waals surface area contributed by atoms with E-state index in [1.54, 1.807) is 18.3 Å². The molecule has 1 aromatic heterocycles. The summed E-state index contributed by atoms with van der Waals surface area (Å²) in [4.78, 5) is 39.9. The molecule has 1 aromatic carbocycles. The highest BCUT2D eigenvalue weighted by atomic mass is 32.1. The number of benzene rings is 1. The quantitative estimate of drug-likeness (QED) is 0.537. The molecular formula is C21H27N4O3S+. The lowest BCUT2D eigenvalue weighted by Gasteiger charge is -2.22. The van der Waals surface area contributed by atoms with Crippen LogP contribution in [0.25, 0.3) is 0 Å². The van der Waals surface area contributed by atoms with Gasteiger partial charge < -0.3 is 10.2 Å². The first-order chi connectivity index (χ1) is 13.9. The van der Waals surface area contributed by atoms with Gasteiger partial charge in [0, 0.05) is 0 Å². The highest BCUT2D eigenvalue weighted by Gasteiger charge is 2.48. The molecule has 3 rings (SSSR count). The Labute approximate surface area is 174 Å².